The van der Waals surface area contributed by atoms with Gasteiger partial charge in [-0.05, 0) is 61.9 Å². The molecule has 154 valence electrons. The van der Waals surface area contributed by atoms with Gasteiger partial charge in [-0.1, -0.05) is 36.4 Å². The van der Waals surface area contributed by atoms with Crippen molar-refractivity contribution in [2.45, 2.75) is 38.6 Å². The van der Waals surface area contributed by atoms with E-state index in [1.165, 1.54) is 17.5 Å². The van der Waals surface area contributed by atoms with Crippen LogP contribution in [0.3, 0.4) is 0 Å². The van der Waals surface area contributed by atoms with Crippen molar-refractivity contribution < 1.29 is 9.53 Å². The van der Waals surface area contributed by atoms with E-state index in [1.54, 1.807) is 7.11 Å². The Bertz CT molecular complexity index is 829. The molecule has 0 N–H and O–H groups in total. The summed E-state index contributed by atoms with van der Waals surface area (Å²) >= 11 is 0. The molecule has 0 spiro atoms. The fourth-order valence-corrected chi connectivity index (χ4v) is 4.75. The molecule has 29 heavy (non-hydrogen) atoms. The van der Waals surface area contributed by atoms with Crippen LogP contribution in [-0.2, 0) is 11.3 Å². The summed E-state index contributed by atoms with van der Waals surface area (Å²) in [6.45, 7) is 4.76. The Balaban J connectivity index is 1.43. The van der Waals surface area contributed by atoms with Crippen LogP contribution < -0.4 is 4.74 Å². The van der Waals surface area contributed by atoms with Gasteiger partial charge in [0.15, 0.2) is 0 Å². The zero-order valence-corrected chi connectivity index (χ0v) is 17.5. The summed E-state index contributed by atoms with van der Waals surface area (Å²) in [5, 5.41) is 0. The average Bonchev–Trinajstić information content (AvgIpc) is 2.79. The molecule has 0 aliphatic carbocycles. The average molecular weight is 393 g/mol. The van der Waals surface area contributed by atoms with Gasteiger partial charge < -0.3 is 9.64 Å². The SMILES string of the molecule is COc1ccccc1-c1cccc(CN2CCCC(C(=O)N3CCCCC3)C2)c1. The first kappa shape index (κ1) is 20.0. The van der Waals surface area contributed by atoms with Gasteiger partial charge in [0.1, 0.15) is 5.75 Å². The maximum Gasteiger partial charge on any atom is 0.226 e. The molecule has 0 aromatic heterocycles. The lowest BCUT2D eigenvalue weighted by Crippen LogP contribution is -2.46. The summed E-state index contributed by atoms with van der Waals surface area (Å²) < 4.78 is 5.54. The molecule has 2 fully saturated rings. The van der Waals surface area contributed by atoms with Gasteiger partial charge in [0.2, 0.25) is 5.91 Å². The number of carbonyl (C=O) groups excluding carboxylic acids is 1. The third kappa shape index (κ3) is 4.81. The number of piperidine rings is 2. The molecule has 0 saturated carbocycles. The first-order valence-electron chi connectivity index (χ1n) is 11.0. The van der Waals surface area contributed by atoms with Gasteiger partial charge in [0.05, 0.1) is 13.0 Å². The van der Waals surface area contributed by atoms with Crippen LogP contribution >= 0.6 is 0 Å². The monoisotopic (exact) mass is 392 g/mol. The second kappa shape index (κ2) is 9.45. The van der Waals surface area contributed by atoms with Crippen molar-refractivity contribution >= 4 is 5.91 Å². The summed E-state index contributed by atoms with van der Waals surface area (Å²) in [5.74, 6) is 1.45. The third-order valence-electron chi connectivity index (χ3n) is 6.27. The topological polar surface area (TPSA) is 32.8 Å². The molecule has 4 heteroatoms. The van der Waals surface area contributed by atoms with Crippen molar-refractivity contribution in [3.05, 3.63) is 54.1 Å². The second-order valence-electron chi connectivity index (χ2n) is 8.36. The lowest BCUT2D eigenvalue weighted by molar-refractivity contribution is -0.138. The standard InChI is InChI=1S/C25H32N2O2/c1-29-24-13-4-3-12-23(24)21-10-7-9-20(17-21)18-26-14-8-11-22(19-26)25(28)27-15-5-2-6-16-27/h3-4,7,9-10,12-13,17,22H,2,5-6,8,11,14-16,18-19H2,1H3. The lowest BCUT2D eigenvalue weighted by atomic mass is 9.94. The van der Waals surface area contributed by atoms with E-state index in [2.05, 4.69) is 40.1 Å². The molecule has 0 bridgehead atoms. The quantitative estimate of drug-likeness (QED) is 0.746. The van der Waals surface area contributed by atoms with E-state index in [0.717, 1.165) is 69.7 Å². The molecule has 4 nitrogen and oxygen atoms in total. The molecule has 2 aromatic carbocycles. The maximum absolute atomic E-state index is 12.9. The minimum Gasteiger partial charge on any atom is -0.496 e. The van der Waals surface area contributed by atoms with Gasteiger partial charge in [-0.15, -0.1) is 0 Å². The van der Waals surface area contributed by atoms with Gasteiger partial charge in [-0.2, -0.15) is 0 Å². The summed E-state index contributed by atoms with van der Waals surface area (Å²) in [5.41, 5.74) is 3.59. The van der Waals surface area contributed by atoms with Crippen LogP contribution in [-0.4, -0.2) is 49.0 Å². The number of likely N-dealkylation sites (tertiary alicyclic amines) is 2. The number of nitrogens with zero attached hydrogens (tertiary/aromatic N) is 2. The Morgan fingerprint density at radius 2 is 1.83 bits per heavy atom. The van der Waals surface area contributed by atoms with Crippen LogP contribution in [0, 0.1) is 5.92 Å². The van der Waals surface area contributed by atoms with E-state index in [4.69, 9.17) is 4.74 Å². The van der Waals surface area contributed by atoms with Crippen LogP contribution in [0.25, 0.3) is 11.1 Å². The van der Waals surface area contributed by atoms with Gasteiger partial charge in [0.25, 0.3) is 0 Å². The molecule has 4 rings (SSSR count). The van der Waals surface area contributed by atoms with Gasteiger partial charge in [-0.3, -0.25) is 9.69 Å². The van der Waals surface area contributed by atoms with E-state index in [9.17, 15) is 4.79 Å². The van der Waals surface area contributed by atoms with Crippen molar-refractivity contribution in [1.82, 2.24) is 9.80 Å². The summed E-state index contributed by atoms with van der Waals surface area (Å²) in [4.78, 5) is 17.5. The largest absolute Gasteiger partial charge is 0.496 e. The lowest BCUT2D eigenvalue weighted by Gasteiger charge is -2.36. The number of benzene rings is 2. The van der Waals surface area contributed by atoms with Gasteiger partial charge >= 0.3 is 0 Å². The summed E-state index contributed by atoms with van der Waals surface area (Å²) in [6.07, 6.45) is 5.74. The van der Waals surface area contributed by atoms with Crippen molar-refractivity contribution in [3.63, 3.8) is 0 Å². The number of amides is 1. The number of ether oxygens (including phenoxy) is 1. The molecule has 2 aliphatic rings. The molecule has 0 radical (unpaired) electrons. The third-order valence-corrected chi connectivity index (χ3v) is 6.27. The summed E-state index contributed by atoms with van der Waals surface area (Å²) in [7, 11) is 1.72. The number of rotatable bonds is 5. The molecule has 2 aromatic rings. The van der Waals surface area contributed by atoms with Crippen LogP contribution in [0.5, 0.6) is 5.75 Å². The minimum absolute atomic E-state index is 0.166. The van der Waals surface area contributed by atoms with Crippen LogP contribution in [0.15, 0.2) is 48.5 Å². The zero-order chi connectivity index (χ0) is 20.1. The Morgan fingerprint density at radius 1 is 1.00 bits per heavy atom. The maximum atomic E-state index is 12.9. The van der Waals surface area contributed by atoms with Crippen LogP contribution in [0.4, 0.5) is 0 Å². The van der Waals surface area contributed by atoms with Crippen molar-refractivity contribution in [2.24, 2.45) is 5.92 Å². The number of methoxy groups -OCH3 is 1. The highest BCUT2D eigenvalue weighted by Gasteiger charge is 2.29. The Hall–Kier alpha value is -2.33. The first-order valence-corrected chi connectivity index (χ1v) is 11.0. The molecule has 2 aliphatic heterocycles. The smallest absolute Gasteiger partial charge is 0.226 e. The molecule has 2 heterocycles. The van der Waals surface area contributed by atoms with Crippen molar-refractivity contribution in [1.29, 1.82) is 0 Å². The zero-order valence-electron chi connectivity index (χ0n) is 17.5. The number of hydrogen-bond donors (Lipinski definition) is 0. The molecule has 1 atom stereocenters. The van der Waals surface area contributed by atoms with Crippen LogP contribution in [0.2, 0.25) is 0 Å². The highest BCUT2D eigenvalue weighted by Crippen LogP contribution is 2.30. The Labute approximate surface area is 174 Å². The highest BCUT2D eigenvalue weighted by atomic mass is 16.5. The molecular formula is C25H32N2O2. The number of hydrogen-bond acceptors (Lipinski definition) is 3. The van der Waals surface area contributed by atoms with E-state index < -0.39 is 0 Å². The fourth-order valence-electron chi connectivity index (χ4n) is 4.75. The molecule has 2 saturated heterocycles. The van der Waals surface area contributed by atoms with E-state index >= 15 is 0 Å². The van der Waals surface area contributed by atoms with Gasteiger partial charge in [-0.25, -0.2) is 0 Å². The van der Waals surface area contributed by atoms with E-state index in [-0.39, 0.29) is 5.92 Å². The first-order chi connectivity index (χ1) is 14.2. The minimum atomic E-state index is 0.166. The fraction of sp³-hybridized carbons (Fsp3) is 0.480. The normalized spacial score (nSPS) is 20.4. The second-order valence-corrected chi connectivity index (χ2v) is 8.36. The molecule has 1 amide bonds. The molecular weight excluding hydrogens is 360 g/mol. The number of para-hydroxylation sites is 1. The Kier molecular flexibility index (Phi) is 6.50. The predicted molar refractivity (Wildman–Crippen MR) is 117 cm³/mol. The van der Waals surface area contributed by atoms with Crippen molar-refractivity contribution in [2.75, 3.05) is 33.3 Å². The highest BCUT2D eigenvalue weighted by molar-refractivity contribution is 5.79. The van der Waals surface area contributed by atoms with E-state index in [1.807, 2.05) is 18.2 Å². The molecule has 1 unspecified atom stereocenters. The summed E-state index contributed by atoms with van der Waals surface area (Å²) in [6, 6.07) is 16.9. The number of carbonyl (C=O) groups is 1. The van der Waals surface area contributed by atoms with E-state index in [0.29, 0.717) is 5.91 Å². The van der Waals surface area contributed by atoms with Gasteiger partial charge in [0, 0.05) is 31.7 Å². The Morgan fingerprint density at radius 3 is 2.66 bits per heavy atom. The predicted octanol–water partition coefficient (Wildman–Crippen LogP) is 4.59. The van der Waals surface area contributed by atoms with Crippen LogP contribution in [0.1, 0.15) is 37.7 Å². The van der Waals surface area contributed by atoms with Crippen molar-refractivity contribution in [3.8, 4) is 16.9 Å².